The number of methoxy groups -OCH3 is 1. The van der Waals surface area contributed by atoms with Crippen molar-refractivity contribution < 1.29 is 19.1 Å². The molecule has 2 aromatic carbocycles. The Morgan fingerprint density at radius 1 is 1.29 bits per heavy atom. The summed E-state index contributed by atoms with van der Waals surface area (Å²) in [5, 5.41) is 5.95. The summed E-state index contributed by atoms with van der Waals surface area (Å²) in [6, 6.07) is 9.81. The number of ether oxygens (including phenoxy) is 2. The molecule has 6 nitrogen and oxygen atoms in total. The highest BCUT2D eigenvalue weighted by Gasteiger charge is 2.17. The van der Waals surface area contributed by atoms with E-state index in [1.165, 1.54) is 7.11 Å². The van der Waals surface area contributed by atoms with Crippen LogP contribution in [0.25, 0.3) is 0 Å². The van der Waals surface area contributed by atoms with Crippen molar-refractivity contribution in [1.29, 1.82) is 0 Å². The molecule has 0 bridgehead atoms. The molecule has 1 aliphatic rings. The van der Waals surface area contributed by atoms with Crippen LogP contribution in [0.1, 0.15) is 16.8 Å². The second-order valence-electron chi connectivity index (χ2n) is 5.16. The Kier molecular flexibility index (Phi) is 4.57. The number of carbonyl (C=O) groups is 2. The number of benzene rings is 2. The van der Waals surface area contributed by atoms with E-state index in [1.807, 2.05) is 0 Å². The lowest BCUT2D eigenvalue weighted by molar-refractivity contribution is -0.116. The number of carbonyl (C=O) groups excluding carboxylic acids is 2. The molecule has 0 aliphatic carbocycles. The Hall–Kier alpha value is -2.73. The lowest BCUT2D eigenvalue weighted by Crippen LogP contribution is -2.14. The molecule has 0 saturated heterocycles. The van der Waals surface area contributed by atoms with Crippen molar-refractivity contribution in [2.24, 2.45) is 0 Å². The summed E-state index contributed by atoms with van der Waals surface area (Å²) in [6.45, 7) is 0.310. The van der Waals surface area contributed by atoms with Gasteiger partial charge in [0.1, 0.15) is 11.5 Å². The van der Waals surface area contributed by atoms with Crippen LogP contribution in [0.5, 0.6) is 11.5 Å². The first-order valence-corrected chi connectivity index (χ1v) is 7.66. The number of fused-ring (bicyclic) bond motifs is 1. The Balaban J connectivity index is 1.86. The number of hydrogen-bond donors (Lipinski definition) is 2. The third-order valence-corrected chi connectivity index (χ3v) is 3.75. The monoisotopic (exact) mass is 346 g/mol. The van der Waals surface area contributed by atoms with E-state index < -0.39 is 0 Å². The van der Waals surface area contributed by atoms with Crippen LogP contribution in [0.15, 0.2) is 36.4 Å². The zero-order valence-electron chi connectivity index (χ0n) is 12.9. The maximum Gasteiger partial charge on any atom is 0.255 e. The minimum Gasteiger partial charge on any atom is -0.495 e. The zero-order valence-corrected chi connectivity index (χ0v) is 13.6. The molecular formula is C17H15ClN2O4. The fourth-order valence-corrected chi connectivity index (χ4v) is 2.51. The first-order chi connectivity index (χ1) is 11.6. The van der Waals surface area contributed by atoms with E-state index in [-0.39, 0.29) is 18.2 Å². The molecule has 0 saturated carbocycles. The molecule has 0 fully saturated rings. The number of amides is 2. The van der Waals surface area contributed by atoms with Gasteiger partial charge >= 0.3 is 0 Å². The van der Waals surface area contributed by atoms with Crippen molar-refractivity contribution in [3.05, 3.63) is 47.0 Å². The quantitative estimate of drug-likeness (QED) is 0.893. The van der Waals surface area contributed by atoms with Gasteiger partial charge in [-0.25, -0.2) is 0 Å². The van der Waals surface area contributed by atoms with Crippen molar-refractivity contribution in [3.63, 3.8) is 0 Å². The fourth-order valence-electron chi connectivity index (χ4n) is 2.33. The van der Waals surface area contributed by atoms with Crippen LogP contribution in [0.3, 0.4) is 0 Å². The molecule has 0 atom stereocenters. The zero-order chi connectivity index (χ0) is 17.1. The second-order valence-corrected chi connectivity index (χ2v) is 5.59. The third-order valence-electron chi connectivity index (χ3n) is 3.51. The number of halogens is 1. The van der Waals surface area contributed by atoms with Crippen molar-refractivity contribution in [2.75, 3.05) is 24.4 Å². The second kappa shape index (κ2) is 6.80. The van der Waals surface area contributed by atoms with Gasteiger partial charge in [-0.1, -0.05) is 11.6 Å². The standard InChI is InChI=1S/C17H15ClN2O4/c1-23-14-5-3-11(18)9-13(14)20-17(22)10-2-4-15-12(8-10)19-16(21)6-7-24-15/h2-5,8-9H,6-7H2,1H3,(H,19,21)(H,20,22). The maximum absolute atomic E-state index is 12.5. The molecule has 7 heteroatoms. The number of hydrogen-bond acceptors (Lipinski definition) is 4. The SMILES string of the molecule is COc1ccc(Cl)cc1NC(=O)c1ccc2c(c1)NC(=O)CCO2. The lowest BCUT2D eigenvalue weighted by atomic mass is 10.1. The van der Waals surface area contributed by atoms with Crippen molar-refractivity contribution in [3.8, 4) is 11.5 Å². The van der Waals surface area contributed by atoms with Gasteiger partial charge in [-0.2, -0.15) is 0 Å². The van der Waals surface area contributed by atoms with Gasteiger partial charge in [0.2, 0.25) is 5.91 Å². The van der Waals surface area contributed by atoms with Crippen molar-refractivity contribution >= 4 is 34.8 Å². The molecule has 2 N–H and O–H groups in total. The molecule has 0 radical (unpaired) electrons. The molecule has 0 unspecified atom stereocenters. The van der Waals surface area contributed by atoms with Crippen LogP contribution in [0.4, 0.5) is 11.4 Å². The maximum atomic E-state index is 12.5. The molecule has 124 valence electrons. The van der Waals surface area contributed by atoms with Crippen LogP contribution in [-0.2, 0) is 4.79 Å². The average molecular weight is 347 g/mol. The van der Waals surface area contributed by atoms with Gasteiger partial charge in [-0.3, -0.25) is 9.59 Å². The molecule has 1 heterocycles. The van der Waals surface area contributed by atoms with Crippen LogP contribution < -0.4 is 20.1 Å². The summed E-state index contributed by atoms with van der Waals surface area (Å²) in [6.07, 6.45) is 0.274. The van der Waals surface area contributed by atoms with Gasteiger partial charge in [0.15, 0.2) is 0 Å². The third kappa shape index (κ3) is 3.44. The normalized spacial score (nSPS) is 13.2. The van der Waals surface area contributed by atoms with Gasteiger partial charge in [0, 0.05) is 10.6 Å². The molecule has 1 aliphatic heterocycles. The van der Waals surface area contributed by atoms with Gasteiger partial charge in [0.25, 0.3) is 5.91 Å². The molecule has 3 rings (SSSR count). The molecular weight excluding hydrogens is 332 g/mol. The summed E-state index contributed by atoms with van der Waals surface area (Å²) in [4.78, 5) is 24.1. The fraction of sp³-hybridized carbons (Fsp3) is 0.176. The van der Waals surface area contributed by atoms with E-state index in [0.29, 0.717) is 40.1 Å². The van der Waals surface area contributed by atoms with E-state index in [4.69, 9.17) is 21.1 Å². The summed E-state index contributed by atoms with van der Waals surface area (Å²) in [5.74, 6) is 0.538. The number of rotatable bonds is 3. The van der Waals surface area contributed by atoms with E-state index >= 15 is 0 Å². The molecule has 0 spiro atoms. The number of nitrogens with one attached hydrogen (secondary N) is 2. The highest BCUT2D eigenvalue weighted by molar-refractivity contribution is 6.31. The highest BCUT2D eigenvalue weighted by atomic mass is 35.5. The van der Waals surface area contributed by atoms with E-state index in [2.05, 4.69) is 10.6 Å². The average Bonchev–Trinajstić information content (AvgIpc) is 2.74. The summed E-state index contributed by atoms with van der Waals surface area (Å²) in [5.41, 5.74) is 1.31. The Bertz CT molecular complexity index is 807. The van der Waals surface area contributed by atoms with E-state index in [1.54, 1.807) is 36.4 Å². The van der Waals surface area contributed by atoms with Gasteiger partial charge in [0.05, 0.1) is 31.5 Å². The Morgan fingerprint density at radius 2 is 2.12 bits per heavy atom. The number of anilines is 2. The van der Waals surface area contributed by atoms with Gasteiger partial charge < -0.3 is 20.1 Å². The predicted octanol–water partition coefficient (Wildman–Crippen LogP) is 3.32. The topological polar surface area (TPSA) is 76.7 Å². The Labute approximate surface area is 143 Å². The molecule has 24 heavy (non-hydrogen) atoms. The van der Waals surface area contributed by atoms with Crippen LogP contribution in [-0.4, -0.2) is 25.5 Å². The van der Waals surface area contributed by atoms with Crippen LogP contribution in [0.2, 0.25) is 5.02 Å². The first-order valence-electron chi connectivity index (χ1n) is 7.28. The first kappa shape index (κ1) is 16.1. The van der Waals surface area contributed by atoms with E-state index in [9.17, 15) is 9.59 Å². The largest absolute Gasteiger partial charge is 0.495 e. The molecule has 2 aromatic rings. The predicted molar refractivity (Wildman–Crippen MR) is 91.1 cm³/mol. The minimum absolute atomic E-state index is 0.150. The molecule has 2 amide bonds. The van der Waals surface area contributed by atoms with Crippen molar-refractivity contribution in [1.82, 2.24) is 0 Å². The van der Waals surface area contributed by atoms with E-state index in [0.717, 1.165) is 0 Å². The smallest absolute Gasteiger partial charge is 0.255 e. The summed E-state index contributed by atoms with van der Waals surface area (Å²) in [7, 11) is 1.51. The summed E-state index contributed by atoms with van der Waals surface area (Å²) >= 11 is 5.96. The van der Waals surface area contributed by atoms with Gasteiger partial charge in [-0.05, 0) is 36.4 Å². The molecule has 0 aromatic heterocycles. The van der Waals surface area contributed by atoms with Crippen molar-refractivity contribution in [2.45, 2.75) is 6.42 Å². The lowest BCUT2D eigenvalue weighted by Gasteiger charge is -2.12. The van der Waals surface area contributed by atoms with Gasteiger partial charge in [-0.15, -0.1) is 0 Å². The Morgan fingerprint density at radius 3 is 2.92 bits per heavy atom. The summed E-state index contributed by atoms with van der Waals surface area (Å²) < 4.78 is 10.7. The van der Waals surface area contributed by atoms with Crippen LogP contribution >= 0.6 is 11.6 Å². The minimum atomic E-state index is -0.350. The highest BCUT2D eigenvalue weighted by Crippen LogP contribution is 2.30. The van der Waals surface area contributed by atoms with Crippen LogP contribution in [0, 0.1) is 0 Å².